The van der Waals surface area contributed by atoms with Gasteiger partial charge >= 0.3 is 5.69 Å². The molecule has 136 valence electrons. The number of imidazole rings is 1. The van der Waals surface area contributed by atoms with Crippen LogP contribution in [0.1, 0.15) is 39.7 Å². The number of nitrogens with zero attached hydrogens (tertiary/aromatic N) is 2. The minimum atomic E-state index is 0.00219. The van der Waals surface area contributed by atoms with Crippen molar-refractivity contribution in [1.29, 1.82) is 0 Å². The van der Waals surface area contributed by atoms with E-state index >= 15 is 0 Å². The average molecular weight is 349 g/mol. The second-order valence-corrected chi connectivity index (χ2v) is 8.33. The summed E-state index contributed by atoms with van der Waals surface area (Å²) in [5.74, 6) is 0. The van der Waals surface area contributed by atoms with Gasteiger partial charge in [-0.25, -0.2) is 4.79 Å². The van der Waals surface area contributed by atoms with Crippen LogP contribution in [0.3, 0.4) is 0 Å². The third-order valence-corrected chi connectivity index (χ3v) is 5.61. The first kappa shape index (κ1) is 17.1. The molecule has 1 aliphatic rings. The lowest BCUT2D eigenvalue weighted by Crippen LogP contribution is -2.47. The normalized spacial score (nSPS) is 17.0. The molecule has 26 heavy (non-hydrogen) atoms. The van der Waals surface area contributed by atoms with Crippen LogP contribution in [0.15, 0.2) is 53.5 Å². The number of piperidine rings is 1. The number of hydrogen-bond acceptors (Lipinski definition) is 2. The molecule has 0 bridgehead atoms. The van der Waals surface area contributed by atoms with E-state index in [1.54, 1.807) is 0 Å². The number of likely N-dealkylation sites (tertiary alicyclic amines) is 1. The van der Waals surface area contributed by atoms with Crippen molar-refractivity contribution in [3.05, 3.63) is 59.1 Å². The molecule has 3 aromatic rings. The average Bonchev–Trinajstić information content (AvgIpc) is 3.02. The molecule has 0 atom stereocenters. The number of benzene rings is 2. The molecular weight excluding hydrogens is 322 g/mol. The first-order valence-electron chi connectivity index (χ1n) is 9.47. The Bertz CT molecular complexity index is 969. The minimum Gasteiger partial charge on any atom is -0.306 e. The summed E-state index contributed by atoms with van der Waals surface area (Å²) in [6, 6.07) is 14.9. The molecule has 4 rings (SSSR count). The molecule has 0 aliphatic carbocycles. The number of rotatable bonds is 2. The highest BCUT2D eigenvalue weighted by molar-refractivity contribution is 5.86. The Morgan fingerprint density at radius 1 is 1.00 bits per heavy atom. The first-order chi connectivity index (χ1) is 12.4. The summed E-state index contributed by atoms with van der Waals surface area (Å²) in [6.07, 6.45) is 4.04. The number of hydrogen-bond donors (Lipinski definition) is 1. The van der Waals surface area contributed by atoms with E-state index in [1.807, 2.05) is 22.9 Å². The summed E-state index contributed by atoms with van der Waals surface area (Å²) in [5.41, 5.74) is 2.16. The Hall–Kier alpha value is -2.33. The number of aromatic amines is 1. The topological polar surface area (TPSA) is 41.0 Å². The quantitative estimate of drug-likeness (QED) is 0.743. The fourth-order valence-corrected chi connectivity index (χ4v) is 4.00. The third-order valence-electron chi connectivity index (χ3n) is 5.61. The highest BCUT2D eigenvalue weighted by Crippen LogP contribution is 2.28. The highest BCUT2D eigenvalue weighted by Gasteiger charge is 2.28. The standard InChI is InChI=1S/C22H27N3O/c1-22(2,3)24-12-10-19(11-13-24)25-15-20(23-21(25)26)18-9-8-16-6-4-5-7-17(16)14-18/h4-9,14-15,19H,10-13H2,1-3H3,(H,23,26). The van der Waals surface area contributed by atoms with Crippen molar-refractivity contribution in [3.8, 4) is 11.3 Å². The van der Waals surface area contributed by atoms with Gasteiger partial charge in [0.15, 0.2) is 0 Å². The Kier molecular flexibility index (Phi) is 4.23. The first-order valence-corrected chi connectivity index (χ1v) is 9.47. The van der Waals surface area contributed by atoms with Crippen LogP contribution >= 0.6 is 0 Å². The predicted octanol–water partition coefficient (Wildman–Crippen LogP) is 4.43. The SMILES string of the molecule is CC(C)(C)N1CCC(n2cc(-c3ccc4ccccc4c3)[nH]c2=O)CC1. The van der Waals surface area contributed by atoms with Crippen molar-refractivity contribution in [1.82, 2.24) is 14.5 Å². The number of fused-ring (bicyclic) bond motifs is 1. The zero-order valence-corrected chi connectivity index (χ0v) is 15.8. The second-order valence-electron chi connectivity index (χ2n) is 8.33. The molecule has 4 nitrogen and oxygen atoms in total. The van der Waals surface area contributed by atoms with Crippen molar-refractivity contribution >= 4 is 10.8 Å². The smallest absolute Gasteiger partial charge is 0.306 e. The Labute approximate surface area is 154 Å². The van der Waals surface area contributed by atoms with E-state index < -0.39 is 0 Å². The van der Waals surface area contributed by atoms with Gasteiger partial charge in [-0.15, -0.1) is 0 Å². The summed E-state index contributed by atoms with van der Waals surface area (Å²) in [4.78, 5) is 18.1. The van der Waals surface area contributed by atoms with E-state index in [-0.39, 0.29) is 17.3 Å². The highest BCUT2D eigenvalue weighted by atomic mass is 16.1. The predicted molar refractivity (Wildman–Crippen MR) is 108 cm³/mol. The second kappa shape index (κ2) is 6.44. The zero-order valence-electron chi connectivity index (χ0n) is 15.8. The van der Waals surface area contributed by atoms with Crippen molar-refractivity contribution in [3.63, 3.8) is 0 Å². The van der Waals surface area contributed by atoms with Crippen LogP contribution in [0.4, 0.5) is 0 Å². The Morgan fingerprint density at radius 2 is 1.69 bits per heavy atom. The van der Waals surface area contributed by atoms with Gasteiger partial charge in [0.05, 0.1) is 5.69 Å². The number of nitrogens with one attached hydrogen (secondary N) is 1. The fraction of sp³-hybridized carbons (Fsp3) is 0.409. The molecule has 1 aliphatic heterocycles. The lowest BCUT2D eigenvalue weighted by atomic mass is 9.98. The Morgan fingerprint density at radius 3 is 2.38 bits per heavy atom. The maximum atomic E-state index is 12.5. The molecule has 0 unspecified atom stereocenters. The monoisotopic (exact) mass is 349 g/mol. The van der Waals surface area contributed by atoms with Crippen LogP contribution in [0.25, 0.3) is 22.0 Å². The summed E-state index contributed by atoms with van der Waals surface area (Å²) in [6.45, 7) is 8.85. The lowest BCUT2D eigenvalue weighted by Gasteiger charge is -2.40. The van der Waals surface area contributed by atoms with Gasteiger partial charge in [0.1, 0.15) is 0 Å². The van der Waals surface area contributed by atoms with Gasteiger partial charge < -0.3 is 4.98 Å². The van der Waals surface area contributed by atoms with Crippen LogP contribution in [0, 0.1) is 0 Å². The molecule has 1 aromatic heterocycles. The fourth-order valence-electron chi connectivity index (χ4n) is 4.00. The molecule has 1 saturated heterocycles. The van der Waals surface area contributed by atoms with Crippen LogP contribution in [-0.4, -0.2) is 33.1 Å². The third kappa shape index (κ3) is 3.21. The molecule has 2 heterocycles. The largest absolute Gasteiger partial charge is 0.326 e. The summed E-state index contributed by atoms with van der Waals surface area (Å²) in [5, 5.41) is 2.41. The van der Waals surface area contributed by atoms with E-state index in [0.29, 0.717) is 0 Å². The van der Waals surface area contributed by atoms with Crippen molar-refractivity contribution in [2.75, 3.05) is 13.1 Å². The summed E-state index contributed by atoms with van der Waals surface area (Å²) in [7, 11) is 0. The molecule has 0 radical (unpaired) electrons. The van der Waals surface area contributed by atoms with Gasteiger partial charge in [-0.3, -0.25) is 9.47 Å². The molecule has 0 spiro atoms. The van der Waals surface area contributed by atoms with E-state index in [9.17, 15) is 4.79 Å². The maximum absolute atomic E-state index is 12.5. The molecule has 0 saturated carbocycles. The molecule has 1 N–H and O–H groups in total. The number of H-pyrrole nitrogens is 1. The Balaban J connectivity index is 1.59. The van der Waals surface area contributed by atoms with E-state index in [4.69, 9.17) is 0 Å². The van der Waals surface area contributed by atoms with E-state index in [0.717, 1.165) is 37.2 Å². The van der Waals surface area contributed by atoms with Crippen molar-refractivity contribution in [2.45, 2.75) is 45.2 Å². The van der Waals surface area contributed by atoms with Gasteiger partial charge in [-0.05, 0) is 50.5 Å². The van der Waals surface area contributed by atoms with Gasteiger partial charge in [-0.2, -0.15) is 0 Å². The van der Waals surface area contributed by atoms with Gasteiger partial charge in [0.25, 0.3) is 0 Å². The molecule has 0 amide bonds. The van der Waals surface area contributed by atoms with Crippen molar-refractivity contribution in [2.24, 2.45) is 0 Å². The minimum absolute atomic E-state index is 0.00219. The van der Waals surface area contributed by atoms with Crippen LogP contribution in [-0.2, 0) is 0 Å². The lowest BCUT2D eigenvalue weighted by molar-refractivity contribution is 0.0891. The summed E-state index contributed by atoms with van der Waals surface area (Å²) >= 11 is 0. The van der Waals surface area contributed by atoms with Gasteiger partial charge in [-0.1, -0.05) is 36.4 Å². The van der Waals surface area contributed by atoms with Crippen LogP contribution in [0.5, 0.6) is 0 Å². The molecule has 2 aromatic carbocycles. The maximum Gasteiger partial charge on any atom is 0.326 e. The van der Waals surface area contributed by atoms with Gasteiger partial charge in [0.2, 0.25) is 0 Å². The molecule has 4 heteroatoms. The van der Waals surface area contributed by atoms with Crippen LogP contribution in [0.2, 0.25) is 0 Å². The van der Waals surface area contributed by atoms with Crippen LogP contribution < -0.4 is 5.69 Å². The van der Waals surface area contributed by atoms with Crippen molar-refractivity contribution < 1.29 is 0 Å². The summed E-state index contributed by atoms with van der Waals surface area (Å²) < 4.78 is 1.91. The van der Waals surface area contributed by atoms with E-state index in [1.165, 1.54) is 10.8 Å². The molecule has 1 fully saturated rings. The molecular formula is C22H27N3O. The van der Waals surface area contributed by atoms with E-state index in [2.05, 4.69) is 61.0 Å². The number of aromatic nitrogens is 2. The zero-order chi connectivity index (χ0) is 18.3. The van der Waals surface area contributed by atoms with Gasteiger partial charge in [0, 0.05) is 36.4 Å².